The molecule has 17 heavy (non-hydrogen) atoms. The van der Waals surface area contributed by atoms with Crippen LogP contribution in [-0.2, 0) is 9.53 Å². The molecule has 1 rings (SSSR count). The van der Waals surface area contributed by atoms with Gasteiger partial charge in [0.05, 0.1) is 29.3 Å². The van der Waals surface area contributed by atoms with Crippen molar-refractivity contribution in [1.82, 2.24) is 4.98 Å². The number of pyridine rings is 1. The van der Waals surface area contributed by atoms with Gasteiger partial charge in [-0.15, -0.1) is 12.4 Å². The maximum absolute atomic E-state index is 11.5. The van der Waals surface area contributed by atoms with Gasteiger partial charge in [-0.1, -0.05) is 18.5 Å². The van der Waals surface area contributed by atoms with E-state index in [0.717, 1.165) is 0 Å². The Kier molecular flexibility index (Phi) is 7.11. The van der Waals surface area contributed by atoms with Crippen LogP contribution in [-0.4, -0.2) is 17.6 Å². The molecular formula is C11H16Cl2N2O2. The Morgan fingerprint density at radius 1 is 1.59 bits per heavy atom. The molecule has 0 saturated carbocycles. The number of hydrogen-bond acceptors (Lipinski definition) is 4. The molecular weight excluding hydrogens is 263 g/mol. The molecule has 0 spiro atoms. The van der Waals surface area contributed by atoms with Crippen molar-refractivity contribution in [2.45, 2.75) is 19.9 Å². The number of hydrogen-bond donors (Lipinski definition) is 1. The van der Waals surface area contributed by atoms with Crippen LogP contribution < -0.4 is 5.73 Å². The van der Waals surface area contributed by atoms with Gasteiger partial charge in [0.1, 0.15) is 0 Å². The number of nitrogens with zero attached hydrogens (tertiary/aromatic N) is 1. The lowest BCUT2D eigenvalue weighted by Crippen LogP contribution is -2.28. The van der Waals surface area contributed by atoms with Gasteiger partial charge in [-0.25, -0.2) is 0 Å². The third-order valence-corrected chi connectivity index (χ3v) is 2.51. The summed E-state index contributed by atoms with van der Waals surface area (Å²) >= 11 is 5.71. The second-order valence-electron chi connectivity index (χ2n) is 3.47. The quantitative estimate of drug-likeness (QED) is 0.859. The summed E-state index contributed by atoms with van der Waals surface area (Å²) in [5, 5.41) is 0.541. The normalized spacial score (nSPS) is 13.4. The number of carbonyl (C=O) groups is 1. The molecule has 96 valence electrons. The molecule has 1 heterocycles. The molecule has 0 radical (unpaired) electrons. The predicted octanol–water partition coefficient (Wildman–Crippen LogP) is 2.36. The average molecular weight is 279 g/mol. The molecule has 1 aromatic rings. The van der Waals surface area contributed by atoms with E-state index in [-0.39, 0.29) is 18.4 Å². The SMILES string of the molecule is CCOC(=O)C(C)C(N)c1ccc(Cl)cn1.Cl. The lowest BCUT2D eigenvalue weighted by Gasteiger charge is -2.17. The van der Waals surface area contributed by atoms with Crippen molar-refractivity contribution in [2.75, 3.05) is 6.61 Å². The Hall–Kier alpha value is -0.840. The Balaban J connectivity index is 0.00000256. The van der Waals surface area contributed by atoms with Crippen molar-refractivity contribution in [3.8, 4) is 0 Å². The van der Waals surface area contributed by atoms with Crippen LogP contribution in [0.5, 0.6) is 0 Å². The molecule has 0 amide bonds. The molecule has 0 aromatic carbocycles. The smallest absolute Gasteiger partial charge is 0.310 e. The Morgan fingerprint density at radius 3 is 2.71 bits per heavy atom. The zero-order chi connectivity index (χ0) is 12.1. The Morgan fingerprint density at radius 2 is 2.24 bits per heavy atom. The number of ether oxygens (including phenoxy) is 1. The van der Waals surface area contributed by atoms with Gasteiger partial charge in [0.2, 0.25) is 0 Å². The van der Waals surface area contributed by atoms with Gasteiger partial charge in [-0.2, -0.15) is 0 Å². The average Bonchev–Trinajstić information content (AvgIpc) is 2.28. The highest BCUT2D eigenvalue weighted by Gasteiger charge is 2.24. The number of aromatic nitrogens is 1. The summed E-state index contributed by atoms with van der Waals surface area (Å²) in [6.07, 6.45) is 1.51. The summed E-state index contributed by atoms with van der Waals surface area (Å²) in [6.45, 7) is 3.83. The fourth-order valence-corrected chi connectivity index (χ4v) is 1.37. The standard InChI is InChI=1S/C11H15ClN2O2.ClH/c1-3-16-11(15)7(2)10(13)9-5-4-8(12)6-14-9;/h4-7,10H,3,13H2,1-2H3;1H. The van der Waals surface area contributed by atoms with E-state index in [1.165, 1.54) is 6.20 Å². The van der Waals surface area contributed by atoms with Crippen LogP contribution in [0.2, 0.25) is 5.02 Å². The summed E-state index contributed by atoms with van der Waals surface area (Å²) in [4.78, 5) is 15.5. The largest absolute Gasteiger partial charge is 0.466 e. The van der Waals surface area contributed by atoms with E-state index in [9.17, 15) is 4.79 Å². The number of halogens is 2. The molecule has 0 saturated heterocycles. The number of nitrogens with two attached hydrogens (primary N) is 1. The Bertz CT molecular complexity index is 357. The molecule has 0 fully saturated rings. The molecule has 6 heteroatoms. The van der Waals surface area contributed by atoms with E-state index in [2.05, 4.69) is 4.98 Å². The van der Waals surface area contributed by atoms with E-state index < -0.39 is 12.0 Å². The van der Waals surface area contributed by atoms with Crippen LogP contribution in [0.4, 0.5) is 0 Å². The summed E-state index contributed by atoms with van der Waals surface area (Å²) in [7, 11) is 0. The second kappa shape index (κ2) is 7.48. The van der Waals surface area contributed by atoms with Crippen LogP contribution in [0.15, 0.2) is 18.3 Å². The molecule has 0 aliphatic carbocycles. The lowest BCUT2D eigenvalue weighted by molar-refractivity contribution is -0.148. The topological polar surface area (TPSA) is 65.2 Å². The van der Waals surface area contributed by atoms with E-state index in [4.69, 9.17) is 22.1 Å². The van der Waals surface area contributed by atoms with E-state index >= 15 is 0 Å². The highest BCUT2D eigenvalue weighted by molar-refractivity contribution is 6.30. The van der Waals surface area contributed by atoms with Crippen molar-refractivity contribution in [3.05, 3.63) is 29.0 Å². The van der Waals surface area contributed by atoms with Crippen LogP contribution >= 0.6 is 24.0 Å². The van der Waals surface area contributed by atoms with E-state index in [0.29, 0.717) is 17.3 Å². The third kappa shape index (κ3) is 4.50. The number of esters is 1. The monoisotopic (exact) mass is 278 g/mol. The van der Waals surface area contributed by atoms with Crippen LogP contribution in [0.3, 0.4) is 0 Å². The highest BCUT2D eigenvalue weighted by Crippen LogP contribution is 2.19. The molecule has 2 N–H and O–H groups in total. The highest BCUT2D eigenvalue weighted by atomic mass is 35.5. The third-order valence-electron chi connectivity index (χ3n) is 2.29. The van der Waals surface area contributed by atoms with Gasteiger partial charge < -0.3 is 10.5 Å². The second-order valence-corrected chi connectivity index (χ2v) is 3.90. The fourth-order valence-electron chi connectivity index (χ4n) is 1.26. The first-order chi connectivity index (χ1) is 7.56. The number of rotatable bonds is 4. The van der Waals surface area contributed by atoms with Crippen molar-refractivity contribution in [3.63, 3.8) is 0 Å². The van der Waals surface area contributed by atoms with Crippen molar-refractivity contribution in [1.29, 1.82) is 0 Å². The predicted molar refractivity (Wildman–Crippen MR) is 69.2 cm³/mol. The van der Waals surface area contributed by atoms with Gasteiger partial charge >= 0.3 is 5.97 Å². The molecule has 2 atom stereocenters. The minimum atomic E-state index is -0.476. The summed E-state index contributed by atoms with van der Waals surface area (Å²) in [6, 6.07) is 2.93. The molecule has 1 aromatic heterocycles. The minimum Gasteiger partial charge on any atom is -0.466 e. The van der Waals surface area contributed by atoms with Crippen LogP contribution in [0.25, 0.3) is 0 Å². The number of carbonyl (C=O) groups excluding carboxylic acids is 1. The maximum Gasteiger partial charge on any atom is 0.310 e. The van der Waals surface area contributed by atoms with E-state index in [1.54, 1.807) is 26.0 Å². The van der Waals surface area contributed by atoms with Crippen molar-refractivity contribution < 1.29 is 9.53 Å². The summed E-state index contributed by atoms with van der Waals surface area (Å²) in [5.41, 5.74) is 6.54. The summed E-state index contributed by atoms with van der Waals surface area (Å²) in [5.74, 6) is -0.736. The molecule has 0 aliphatic rings. The van der Waals surface area contributed by atoms with Crippen molar-refractivity contribution in [2.24, 2.45) is 11.7 Å². The van der Waals surface area contributed by atoms with Gasteiger partial charge in [0.15, 0.2) is 0 Å². The van der Waals surface area contributed by atoms with Crippen LogP contribution in [0.1, 0.15) is 25.6 Å². The van der Waals surface area contributed by atoms with Gasteiger partial charge in [0.25, 0.3) is 0 Å². The molecule has 4 nitrogen and oxygen atoms in total. The maximum atomic E-state index is 11.5. The molecule has 0 bridgehead atoms. The van der Waals surface area contributed by atoms with Gasteiger partial charge in [0, 0.05) is 6.20 Å². The van der Waals surface area contributed by atoms with E-state index in [1.807, 2.05) is 0 Å². The molecule has 2 unspecified atom stereocenters. The molecule has 0 aliphatic heterocycles. The van der Waals surface area contributed by atoms with Crippen molar-refractivity contribution >= 4 is 30.0 Å². The summed E-state index contributed by atoms with van der Waals surface area (Å²) < 4.78 is 4.90. The van der Waals surface area contributed by atoms with Gasteiger partial charge in [-0.3, -0.25) is 9.78 Å². The Labute approximate surface area is 112 Å². The zero-order valence-corrected chi connectivity index (χ0v) is 11.3. The first-order valence-electron chi connectivity index (χ1n) is 5.10. The fraction of sp³-hybridized carbons (Fsp3) is 0.455. The first-order valence-corrected chi connectivity index (χ1v) is 5.47. The lowest BCUT2D eigenvalue weighted by atomic mass is 9.99. The van der Waals surface area contributed by atoms with Crippen LogP contribution in [0, 0.1) is 5.92 Å². The van der Waals surface area contributed by atoms with Gasteiger partial charge in [-0.05, 0) is 19.1 Å². The first kappa shape index (κ1) is 16.2. The zero-order valence-electron chi connectivity index (χ0n) is 9.72. The minimum absolute atomic E-state index is 0.